The van der Waals surface area contributed by atoms with Crippen LogP contribution in [0.15, 0.2) is 188 Å². The topological polar surface area (TPSA) is 3.24 Å². The Morgan fingerprint density at radius 1 is 0.351 bits per heavy atom. The lowest BCUT2D eigenvalue weighted by atomic mass is 9.43. The average molecular weight is 732 g/mol. The lowest BCUT2D eigenvalue weighted by Crippen LogP contribution is -2.55. The van der Waals surface area contributed by atoms with Crippen LogP contribution in [0.3, 0.4) is 0 Å². The zero-order valence-corrected chi connectivity index (χ0v) is 32.2. The molecule has 4 bridgehead atoms. The first-order valence-corrected chi connectivity index (χ1v) is 21.1. The lowest BCUT2D eigenvalue weighted by Gasteiger charge is -2.61. The summed E-state index contributed by atoms with van der Waals surface area (Å²) in [6.45, 7) is 0. The largest absolute Gasteiger partial charge is 0.310 e. The Morgan fingerprint density at radius 3 is 1.53 bits per heavy atom. The summed E-state index contributed by atoms with van der Waals surface area (Å²) in [5.74, 6) is 3.47. The van der Waals surface area contributed by atoms with E-state index in [0.717, 1.165) is 35.0 Å². The zero-order valence-electron chi connectivity index (χ0n) is 32.2. The molecule has 13 rings (SSSR count). The smallest absolute Gasteiger partial charge is 0.0540 e. The molecule has 0 unspecified atom stereocenters. The quantitative estimate of drug-likeness (QED) is 0.165. The summed E-state index contributed by atoms with van der Waals surface area (Å²) < 4.78 is 0. The maximum absolute atomic E-state index is 2.54. The molecule has 0 aliphatic heterocycles. The third kappa shape index (κ3) is 5.08. The van der Waals surface area contributed by atoms with Gasteiger partial charge in [-0.1, -0.05) is 152 Å². The number of anilines is 3. The molecule has 1 heteroatoms. The SMILES string of the molecule is c1ccc(-c2ccc(N(c3ccc(-c4ccc5c(c4)-c4ccccc4C54C5CC6CC(C5)CC4C6)cc3)c3ccc(-c4ccccc4)c4ccccc34)cc2)cc1. The average Bonchev–Trinajstić information content (AvgIpc) is 3.56. The van der Waals surface area contributed by atoms with Crippen LogP contribution in [0.2, 0.25) is 0 Å². The van der Waals surface area contributed by atoms with Crippen molar-refractivity contribution in [2.75, 3.05) is 4.90 Å². The molecule has 274 valence electrons. The maximum Gasteiger partial charge on any atom is 0.0540 e. The minimum atomic E-state index is 0.205. The molecule has 0 atom stereocenters. The van der Waals surface area contributed by atoms with Gasteiger partial charge in [0, 0.05) is 22.2 Å². The highest BCUT2D eigenvalue weighted by molar-refractivity contribution is 6.06. The third-order valence-corrected chi connectivity index (χ3v) is 14.5. The van der Waals surface area contributed by atoms with Gasteiger partial charge in [-0.05, 0) is 153 Å². The van der Waals surface area contributed by atoms with E-state index in [9.17, 15) is 0 Å². The van der Waals surface area contributed by atoms with Crippen LogP contribution >= 0.6 is 0 Å². The second-order valence-corrected chi connectivity index (χ2v) is 17.3. The van der Waals surface area contributed by atoms with E-state index in [2.05, 4.69) is 193 Å². The number of rotatable bonds is 6. The van der Waals surface area contributed by atoms with Crippen molar-refractivity contribution in [3.8, 4) is 44.5 Å². The van der Waals surface area contributed by atoms with Crippen LogP contribution in [-0.4, -0.2) is 0 Å². The van der Waals surface area contributed by atoms with Gasteiger partial charge in [-0.2, -0.15) is 0 Å². The van der Waals surface area contributed by atoms with Crippen LogP contribution < -0.4 is 4.90 Å². The molecule has 5 aliphatic rings. The highest BCUT2D eigenvalue weighted by Gasteiger charge is 2.61. The van der Waals surface area contributed by atoms with Crippen molar-refractivity contribution in [2.24, 2.45) is 23.7 Å². The van der Waals surface area contributed by atoms with Crippen molar-refractivity contribution in [1.29, 1.82) is 0 Å². The molecule has 5 aliphatic carbocycles. The minimum Gasteiger partial charge on any atom is -0.310 e. The van der Waals surface area contributed by atoms with E-state index in [0.29, 0.717) is 0 Å². The van der Waals surface area contributed by atoms with Crippen molar-refractivity contribution in [3.63, 3.8) is 0 Å². The lowest BCUT2D eigenvalue weighted by molar-refractivity contribution is -0.0399. The molecule has 0 amide bonds. The predicted molar refractivity (Wildman–Crippen MR) is 238 cm³/mol. The number of benzene rings is 8. The van der Waals surface area contributed by atoms with E-state index < -0.39 is 0 Å². The van der Waals surface area contributed by atoms with Crippen molar-refractivity contribution < 1.29 is 0 Å². The van der Waals surface area contributed by atoms with Gasteiger partial charge in [-0.15, -0.1) is 0 Å². The fraction of sp³-hybridized carbons (Fsp3) is 0.179. The fourth-order valence-electron chi connectivity index (χ4n) is 12.3. The Hall–Kier alpha value is -6.18. The summed E-state index contributed by atoms with van der Waals surface area (Å²) in [6, 6.07) is 70.2. The summed E-state index contributed by atoms with van der Waals surface area (Å²) in [7, 11) is 0. The van der Waals surface area contributed by atoms with Gasteiger partial charge in [0.25, 0.3) is 0 Å². The Balaban J connectivity index is 0.959. The Morgan fingerprint density at radius 2 is 0.860 bits per heavy atom. The highest BCUT2D eigenvalue weighted by atomic mass is 15.1. The molecule has 0 N–H and O–H groups in total. The Kier molecular flexibility index (Phi) is 7.49. The second-order valence-electron chi connectivity index (χ2n) is 17.3. The van der Waals surface area contributed by atoms with E-state index in [-0.39, 0.29) is 5.41 Å². The molecule has 0 heterocycles. The molecule has 4 fully saturated rings. The van der Waals surface area contributed by atoms with Crippen molar-refractivity contribution in [1.82, 2.24) is 0 Å². The molecule has 0 aromatic heterocycles. The van der Waals surface area contributed by atoms with Gasteiger partial charge in [0.05, 0.1) is 5.69 Å². The first-order valence-electron chi connectivity index (χ1n) is 21.1. The van der Waals surface area contributed by atoms with Crippen molar-refractivity contribution >= 4 is 27.8 Å². The summed E-state index contributed by atoms with van der Waals surface area (Å²) >= 11 is 0. The van der Waals surface area contributed by atoms with E-state index in [1.165, 1.54) is 93.1 Å². The molecular formula is C56H45N. The van der Waals surface area contributed by atoms with E-state index >= 15 is 0 Å². The van der Waals surface area contributed by atoms with Crippen LogP contribution in [-0.2, 0) is 5.41 Å². The van der Waals surface area contributed by atoms with E-state index in [1.807, 2.05) is 0 Å². The molecule has 0 saturated heterocycles. The summed E-state index contributed by atoms with van der Waals surface area (Å²) in [4.78, 5) is 2.44. The van der Waals surface area contributed by atoms with Gasteiger partial charge in [-0.3, -0.25) is 0 Å². The summed E-state index contributed by atoms with van der Waals surface area (Å²) in [6.07, 6.45) is 7.15. The van der Waals surface area contributed by atoms with Gasteiger partial charge < -0.3 is 4.90 Å². The normalized spacial score (nSPS) is 22.5. The number of nitrogens with zero attached hydrogens (tertiary/aromatic N) is 1. The van der Waals surface area contributed by atoms with Gasteiger partial charge in [-0.25, -0.2) is 0 Å². The first-order chi connectivity index (χ1) is 28.2. The molecule has 1 spiro atoms. The molecular weight excluding hydrogens is 687 g/mol. The first kappa shape index (κ1) is 33.0. The third-order valence-electron chi connectivity index (χ3n) is 14.5. The summed E-state index contributed by atoms with van der Waals surface area (Å²) in [5.41, 5.74) is 17.3. The summed E-state index contributed by atoms with van der Waals surface area (Å²) in [5, 5.41) is 2.48. The Labute approximate surface area is 336 Å². The second kappa shape index (κ2) is 12.9. The van der Waals surface area contributed by atoms with Crippen LogP contribution in [0.5, 0.6) is 0 Å². The molecule has 57 heavy (non-hydrogen) atoms. The molecule has 8 aromatic rings. The molecule has 0 radical (unpaired) electrons. The van der Waals surface area contributed by atoms with Crippen LogP contribution in [0, 0.1) is 23.7 Å². The van der Waals surface area contributed by atoms with Gasteiger partial charge in [0.1, 0.15) is 0 Å². The number of hydrogen-bond donors (Lipinski definition) is 0. The minimum absolute atomic E-state index is 0.205. The maximum atomic E-state index is 2.54. The standard InChI is InChI=1S/C56H45N/c1-3-11-39(12-4-1)40-19-24-46(25-20-40)57(55-30-28-48(42-13-5-2-6-14-42)49-15-7-8-17-51(49)55)47-26-21-41(22-27-47)43-23-29-54-52(36-43)50-16-9-10-18-53(50)56(54)44-32-37-31-38(34-44)35-45(56)33-37/h1-30,36-38,44-45H,31-35H2. The Bertz CT molecular complexity index is 2750. The van der Waals surface area contributed by atoms with Crippen molar-refractivity contribution in [2.45, 2.75) is 37.5 Å². The highest BCUT2D eigenvalue weighted by Crippen LogP contribution is 2.69. The number of fused-ring (bicyclic) bond motifs is 4. The van der Waals surface area contributed by atoms with Crippen molar-refractivity contribution in [3.05, 3.63) is 199 Å². The predicted octanol–water partition coefficient (Wildman–Crippen LogP) is 15.0. The van der Waals surface area contributed by atoms with Crippen LogP contribution in [0.4, 0.5) is 17.1 Å². The van der Waals surface area contributed by atoms with Crippen LogP contribution in [0.25, 0.3) is 55.3 Å². The zero-order chi connectivity index (χ0) is 37.5. The van der Waals surface area contributed by atoms with Gasteiger partial charge in [0.15, 0.2) is 0 Å². The van der Waals surface area contributed by atoms with E-state index in [4.69, 9.17) is 0 Å². The van der Waals surface area contributed by atoms with Gasteiger partial charge >= 0.3 is 0 Å². The van der Waals surface area contributed by atoms with E-state index in [1.54, 1.807) is 11.1 Å². The molecule has 8 aromatic carbocycles. The number of hydrogen-bond acceptors (Lipinski definition) is 1. The molecule has 1 nitrogen and oxygen atoms in total. The molecule has 4 saturated carbocycles. The van der Waals surface area contributed by atoms with Crippen LogP contribution in [0.1, 0.15) is 43.2 Å². The van der Waals surface area contributed by atoms with Gasteiger partial charge in [0.2, 0.25) is 0 Å². The fourth-order valence-corrected chi connectivity index (χ4v) is 12.3. The monoisotopic (exact) mass is 731 g/mol.